The molecular weight excluding hydrogens is 262 g/mol. The Morgan fingerprint density at radius 2 is 2.00 bits per heavy atom. The van der Waals surface area contributed by atoms with Gasteiger partial charge in [0.2, 0.25) is 0 Å². The lowest BCUT2D eigenvalue weighted by molar-refractivity contribution is 0.0856. The Bertz CT molecular complexity index is 565. The number of nitrogens with zero attached hydrogens (tertiary/aromatic N) is 4. The highest BCUT2D eigenvalue weighted by atomic mass is 15.3. The van der Waals surface area contributed by atoms with Crippen LogP contribution in [-0.4, -0.2) is 52.8 Å². The largest absolute Gasteiger partial charge is 0.396 e. The molecule has 3 rings (SSSR count). The Morgan fingerprint density at radius 1 is 1.19 bits per heavy atom. The molecule has 1 aliphatic rings. The number of anilines is 1. The number of nitrogens with two attached hydrogens (primary N) is 1. The van der Waals surface area contributed by atoms with Gasteiger partial charge in [-0.25, -0.2) is 0 Å². The molecule has 1 aromatic carbocycles. The monoisotopic (exact) mass is 285 g/mol. The van der Waals surface area contributed by atoms with E-state index in [-0.39, 0.29) is 0 Å². The maximum Gasteiger partial charge on any atom is 0.0719 e. The minimum absolute atomic E-state index is 0.456. The standard InChI is InChI=1S/C16H23N5/c1-19-7-8-20(9-10-21-12-15(17)11-18-21)16(13-19)14-5-3-2-4-6-14/h2-6,11-12,16H,7-10,13,17H2,1H3. The molecule has 112 valence electrons. The summed E-state index contributed by atoms with van der Waals surface area (Å²) < 4.78 is 1.93. The summed E-state index contributed by atoms with van der Waals surface area (Å²) in [4.78, 5) is 4.95. The van der Waals surface area contributed by atoms with Crippen LogP contribution < -0.4 is 5.73 Å². The highest BCUT2D eigenvalue weighted by Gasteiger charge is 2.26. The number of aromatic nitrogens is 2. The summed E-state index contributed by atoms with van der Waals surface area (Å²) >= 11 is 0. The maximum absolute atomic E-state index is 5.72. The zero-order chi connectivity index (χ0) is 14.7. The predicted molar refractivity (Wildman–Crippen MR) is 84.9 cm³/mol. The molecule has 1 fully saturated rings. The summed E-state index contributed by atoms with van der Waals surface area (Å²) in [7, 11) is 2.20. The van der Waals surface area contributed by atoms with Gasteiger partial charge < -0.3 is 10.6 Å². The summed E-state index contributed by atoms with van der Waals surface area (Å²) in [5, 5.41) is 4.27. The van der Waals surface area contributed by atoms with E-state index in [1.807, 2.05) is 10.9 Å². The molecule has 5 nitrogen and oxygen atoms in total. The summed E-state index contributed by atoms with van der Waals surface area (Å²) in [5.41, 5.74) is 7.84. The van der Waals surface area contributed by atoms with Gasteiger partial charge in [0, 0.05) is 38.4 Å². The Hall–Kier alpha value is -1.85. The summed E-state index contributed by atoms with van der Waals surface area (Å²) in [6.07, 6.45) is 3.60. The van der Waals surface area contributed by atoms with E-state index in [1.54, 1.807) is 6.20 Å². The van der Waals surface area contributed by atoms with Gasteiger partial charge in [-0.1, -0.05) is 30.3 Å². The molecule has 0 amide bonds. The van der Waals surface area contributed by atoms with E-state index in [4.69, 9.17) is 5.73 Å². The lowest BCUT2D eigenvalue weighted by Crippen LogP contribution is -2.47. The number of nitrogen functional groups attached to an aromatic ring is 1. The average Bonchev–Trinajstić information content (AvgIpc) is 2.92. The van der Waals surface area contributed by atoms with Crippen LogP contribution in [-0.2, 0) is 6.54 Å². The first-order valence-corrected chi connectivity index (χ1v) is 7.48. The van der Waals surface area contributed by atoms with Crippen molar-refractivity contribution in [2.75, 3.05) is 39.0 Å². The van der Waals surface area contributed by atoms with Gasteiger partial charge in [-0.15, -0.1) is 0 Å². The molecule has 1 atom stereocenters. The van der Waals surface area contributed by atoms with Crippen LogP contribution in [0.4, 0.5) is 5.69 Å². The number of likely N-dealkylation sites (N-methyl/N-ethyl adjacent to an activating group) is 1. The second-order valence-corrected chi connectivity index (χ2v) is 5.76. The maximum atomic E-state index is 5.72. The van der Waals surface area contributed by atoms with Crippen LogP contribution in [0.3, 0.4) is 0 Å². The molecule has 1 aliphatic heterocycles. The van der Waals surface area contributed by atoms with Crippen molar-refractivity contribution in [1.29, 1.82) is 0 Å². The van der Waals surface area contributed by atoms with Crippen LogP contribution in [0.25, 0.3) is 0 Å². The molecule has 0 aliphatic carbocycles. The lowest BCUT2D eigenvalue weighted by atomic mass is 10.0. The third-order valence-electron chi connectivity index (χ3n) is 4.15. The van der Waals surface area contributed by atoms with Crippen LogP contribution in [0.15, 0.2) is 42.7 Å². The van der Waals surface area contributed by atoms with Crippen molar-refractivity contribution in [3.05, 3.63) is 48.3 Å². The van der Waals surface area contributed by atoms with Crippen molar-refractivity contribution in [1.82, 2.24) is 19.6 Å². The second kappa shape index (κ2) is 6.28. The van der Waals surface area contributed by atoms with Crippen molar-refractivity contribution in [3.63, 3.8) is 0 Å². The number of rotatable bonds is 4. The summed E-state index contributed by atoms with van der Waals surface area (Å²) in [6.45, 7) is 5.15. The van der Waals surface area contributed by atoms with Crippen LogP contribution in [0.1, 0.15) is 11.6 Å². The first-order chi connectivity index (χ1) is 10.2. The topological polar surface area (TPSA) is 50.3 Å². The van der Waals surface area contributed by atoms with E-state index >= 15 is 0 Å². The van der Waals surface area contributed by atoms with Crippen molar-refractivity contribution >= 4 is 5.69 Å². The fraction of sp³-hybridized carbons (Fsp3) is 0.438. The smallest absolute Gasteiger partial charge is 0.0719 e. The molecule has 0 bridgehead atoms. The van der Waals surface area contributed by atoms with Crippen LogP contribution in [0.5, 0.6) is 0 Å². The van der Waals surface area contributed by atoms with Gasteiger partial charge in [-0.2, -0.15) is 5.10 Å². The van der Waals surface area contributed by atoms with Gasteiger partial charge in [0.15, 0.2) is 0 Å². The van der Waals surface area contributed by atoms with Crippen LogP contribution in [0.2, 0.25) is 0 Å². The first-order valence-electron chi connectivity index (χ1n) is 7.48. The Kier molecular flexibility index (Phi) is 4.22. The minimum atomic E-state index is 0.456. The zero-order valence-corrected chi connectivity index (χ0v) is 12.5. The molecule has 1 aromatic heterocycles. The normalized spacial score (nSPS) is 20.7. The molecule has 5 heteroatoms. The van der Waals surface area contributed by atoms with Crippen molar-refractivity contribution in [2.24, 2.45) is 0 Å². The number of piperazine rings is 1. The van der Waals surface area contributed by atoms with Gasteiger partial charge in [-0.05, 0) is 12.6 Å². The second-order valence-electron chi connectivity index (χ2n) is 5.76. The Labute approximate surface area is 126 Å². The van der Waals surface area contributed by atoms with Crippen molar-refractivity contribution < 1.29 is 0 Å². The summed E-state index contributed by atoms with van der Waals surface area (Å²) in [6, 6.07) is 11.2. The van der Waals surface area contributed by atoms with Gasteiger partial charge in [0.05, 0.1) is 18.4 Å². The van der Waals surface area contributed by atoms with E-state index in [9.17, 15) is 0 Å². The SMILES string of the molecule is CN1CCN(CCn2cc(N)cn2)C(c2ccccc2)C1. The third kappa shape index (κ3) is 3.43. The first kappa shape index (κ1) is 14.1. The molecule has 2 heterocycles. The van der Waals surface area contributed by atoms with E-state index in [2.05, 4.69) is 52.3 Å². The molecule has 2 aromatic rings. The number of hydrogen-bond acceptors (Lipinski definition) is 4. The van der Waals surface area contributed by atoms with E-state index in [1.165, 1.54) is 5.56 Å². The predicted octanol–water partition coefficient (Wildman–Crippen LogP) is 1.45. The minimum Gasteiger partial charge on any atom is -0.396 e. The van der Waals surface area contributed by atoms with Crippen molar-refractivity contribution in [3.8, 4) is 0 Å². The molecule has 0 spiro atoms. The molecule has 1 saturated heterocycles. The fourth-order valence-corrected chi connectivity index (χ4v) is 2.95. The van der Waals surface area contributed by atoms with Gasteiger partial charge in [0.25, 0.3) is 0 Å². The highest BCUT2D eigenvalue weighted by molar-refractivity contribution is 5.30. The quantitative estimate of drug-likeness (QED) is 0.924. The average molecular weight is 285 g/mol. The van der Waals surface area contributed by atoms with E-state index in [0.717, 1.165) is 38.4 Å². The van der Waals surface area contributed by atoms with E-state index in [0.29, 0.717) is 6.04 Å². The van der Waals surface area contributed by atoms with Gasteiger partial charge >= 0.3 is 0 Å². The van der Waals surface area contributed by atoms with Gasteiger partial charge in [0.1, 0.15) is 0 Å². The fourth-order valence-electron chi connectivity index (χ4n) is 2.95. The molecule has 1 unspecified atom stereocenters. The van der Waals surface area contributed by atoms with Crippen LogP contribution >= 0.6 is 0 Å². The van der Waals surface area contributed by atoms with Crippen LogP contribution in [0, 0.1) is 0 Å². The molecule has 0 saturated carbocycles. The Balaban J connectivity index is 1.69. The van der Waals surface area contributed by atoms with Crippen molar-refractivity contribution in [2.45, 2.75) is 12.6 Å². The molecule has 0 radical (unpaired) electrons. The van der Waals surface area contributed by atoms with Gasteiger partial charge in [-0.3, -0.25) is 9.58 Å². The zero-order valence-electron chi connectivity index (χ0n) is 12.5. The van der Waals surface area contributed by atoms with E-state index < -0.39 is 0 Å². The highest BCUT2D eigenvalue weighted by Crippen LogP contribution is 2.24. The number of hydrogen-bond donors (Lipinski definition) is 1. The lowest BCUT2D eigenvalue weighted by Gasteiger charge is -2.40. The summed E-state index contributed by atoms with van der Waals surface area (Å²) in [5.74, 6) is 0. The number of benzene rings is 1. The Morgan fingerprint density at radius 3 is 2.71 bits per heavy atom. The molecule has 21 heavy (non-hydrogen) atoms. The molecule has 2 N–H and O–H groups in total. The third-order valence-corrected chi connectivity index (χ3v) is 4.15. The molecular formula is C16H23N5.